The molecule has 0 amide bonds. The summed E-state index contributed by atoms with van der Waals surface area (Å²) in [4.78, 5) is 12.5. The number of carbonyl (C=O) groups is 1. The van der Waals surface area contributed by atoms with E-state index in [2.05, 4.69) is 22.9 Å². The Labute approximate surface area is 131 Å². The summed E-state index contributed by atoms with van der Waals surface area (Å²) in [6.45, 7) is 2.14. The summed E-state index contributed by atoms with van der Waals surface area (Å²) in [5.74, 6) is 0.293. The molecule has 0 N–H and O–H groups in total. The summed E-state index contributed by atoms with van der Waals surface area (Å²) in [5.41, 5.74) is 2.62. The Morgan fingerprint density at radius 1 is 1.14 bits per heavy atom. The highest BCUT2D eigenvalue weighted by Crippen LogP contribution is 2.28. The summed E-state index contributed by atoms with van der Waals surface area (Å²) in [5, 5.41) is 0.926. The second-order valence-electron chi connectivity index (χ2n) is 5.04. The van der Waals surface area contributed by atoms with Gasteiger partial charge in [0, 0.05) is 10.9 Å². The van der Waals surface area contributed by atoms with Crippen LogP contribution in [0.3, 0.4) is 0 Å². The lowest BCUT2D eigenvalue weighted by Crippen LogP contribution is -1.99. The number of carbonyl (C=O) groups excluding carboxylic acids is 1. The van der Waals surface area contributed by atoms with E-state index in [9.17, 15) is 4.79 Å². The maximum absolute atomic E-state index is 12.5. The van der Waals surface area contributed by atoms with Crippen LogP contribution in [-0.2, 0) is 6.42 Å². The Hall–Kier alpha value is -1.87. The number of hydrogen-bond donors (Lipinski definition) is 0. The van der Waals surface area contributed by atoms with Gasteiger partial charge in [0.15, 0.2) is 5.76 Å². The molecule has 106 valence electrons. The summed E-state index contributed by atoms with van der Waals surface area (Å²) in [6.07, 6.45) is 2.14. The number of halogens is 1. The average Bonchev–Trinajstić information content (AvgIpc) is 2.93. The van der Waals surface area contributed by atoms with Crippen molar-refractivity contribution in [3.8, 4) is 0 Å². The monoisotopic (exact) mass is 342 g/mol. The predicted molar refractivity (Wildman–Crippen MR) is 87.8 cm³/mol. The third-order valence-electron chi connectivity index (χ3n) is 3.47. The summed E-state index contributed by atoms with van der Waals surface area (Å²) < 4.78 is 6.55. The van der Waals surface area contributed by atoms with Crippen LogP contribution in [0.1, 0.15) is 35.0 Å². The molecule has 0 unspecified atom stereocenters. The molecule has 0 aliphatic carbocycles. The molecule has 1 aromatic heterocycles. The number of ketones is 1. The molecule has 0 radical (unpaired) electrons. The lowest BCUT2D eigenvalue weighted by molar-refractivity contribution is 0.101. The molecule has 0 atom stereocenters. The van der Waals surface area contributed by atoms with Gasteiger partial charge in [-0.1, -0.05) is 49.7 Å². The van der Waals surface area contributed by atoms with E-state index in [1.807, 2.05) is 42.5 Å². The maximum Gasteiger partial charge on any atom is 0.228 e. The van der Waals surface area contributed by atoms with E-state index in [0.717, 1.165) is 22.7 Å². The van der Waals surface area contributed by atoms with Crippen LogP contribution in [-0.4, -0.2) is 5.78 Å². The van der Waals surface area contributed by atoms with Gasteiger partial charge in [0.2, 0.25) is 5.78 Å². The minimum absolute atomic E-state index is 0.0823. The minimum atomic E-state index is -0.0823. The molecule has 1 heterocycles. The molecule has 0 fully saturated rings. The van der Waals surface area contributed by atoms with Gasteiger partial charge in [-0.15, -0.1) is 0 Å². The average molecular weight is 343 g/mol. The maximum atomic E-state index is 12.5. The number of para-hydroxylation sites is 1. The van der Waals surface area contributed by atoms with Gasteiger partial charge in [0.25, 0.3) is 0 Å². The van der Waals surface area contributed by atoms with E-state index in [4.69, 9.17) is 4.42 Å². The largest absolute Gasteiger partial charge is 0.451 e. The third kappa shape index (κ3) is 2.79. The molecule has 2 nitrogen and oxygen atoms in total. The topological polar surface area (TPSA) is 30.2 Å². The van der Waals surface area contributed by atoms with E-state index in [1.165, 1.54) is 5.56 Å². The smallest absolute Gasteiger partial charge is 0.228 e. The second kappa shape index (κ2) is 5.86. The first-order valence-corrected chi connectivity index (χ1v) is 7.80. The number of aryl methyl sites for hydroxylation is 1. The van der Waals surface area contributed by atoms with Crippen molar-refractivity contribution in [1.29, 1.82) is 0 Å². The Morgan fingerprint density at radius 3 is 2.57 bits per heavy atom. The molecule has 21 heavy (non-hydrogen) atoms. The van der Waals surface area contributed by atoms with Crippen LogP contribution in [0.5, 0.6) is 0 Å². The minimum Gasteiger partial charge on any atom is -0.451 e. The predicted octanol–water partition coefficient (Wildman–Crippen LogP) is 5.38. The summed E-state index contributed by atoms with van der Waals surface area (Å²) in [6, 6.07) is 15.3. The van der Waals surface area contributed by atoms with Crippen LogP contribution in [0, 0.1) is 0 Å². The number of fused-ring (bicyclic) bond motifs is 1. The van der Waals surface area contributed by atoms with Gasteiger partial charge >= 0.3 is 0 Å². The van der Waals surface area contributed by atoms with Gasteiger partial charge in [-0.25, -0.2) is 0 Å². The van der Waals surface area contributed by atoms with Crippen molar-refractivity contribution < 1.29 is 9.21 Å². The van der Waals surface area contributed by atoms with Gasteiger partial charge in [-0.05, 0) is 40.0 Å². The Balaban J connectivity index is 1.94. The van der Waals surface area contributed by atoms with Crippen LogP contribution >= 0.6 is 15.9 Å². The van der Waals surface area contributed by atoms with Crippen LogP contribution < -0.4 is 0 Å². The normalized spacial score (nSPS) is 11.0. The molecular weight excluding hydrogens is 328 g/mol. The van der Waals surface area contributed by atoms with E-state index >= 15 is 0 Å². The molecule has 0 bridgehead atoms. The van der Waals surface area contributed by atoms with Gasteiger partial charge in [-0.3, -0.25) is 4.79 Å². The van der Waals surface area contributed by atoms with Crippen LogP contribution in [0.2, 0.25) is 0 Å². The van der Waals surface area contributed by atoms with Gasteiger partial charge < -0.3 is 4.42 Å². The van der Waals surface area contributed by atoms with Crippen LogP contribution in [0.25, 0.3) is 11.0 Å². The highest BCUT2D eigenvalue weighted by molar-refractivity contribution is 9.10. The van der Waals surface area contributed by atoms with Crippen molar-refractivity contribution in [3.05, 3.63) is 69.9 Å². The molecule has 0 aliphatic rings. The van der Waals surface area contributed by atoms with E-state index < -0.39 is 0 Å². The molecule has 0 spiro atoms. The zero-order valence-corrected chi connectivity index (χ0v) is 13.3. The first kappa shape index (κ1) is 14.1. The fourth-order valence-corrected chi connectivity index (χ4v) is 2.86. The van der Waals surface area contributed by atoms with Crippen molar-refractivity contribution in [3.63, 3.8) is 0 Å². The SMILES string of the molecule is CCCc1ccc(C(=O)c2cc3cccc(Br)c3o2)cc1. The molecular formula is C18H15BrO2. The highest BCUT2D eigenvalue weighted by atomic mass is 79.9. The van der Waals surface area contributed by atoms with Crippen molar-refractivity contribution in [2.75, 3.05) is 0 Å². The van der Waals surface area contributed by atoms with Crippen LogP contribution in [0.15, 0.2) is 57.4 Å². The zero-order chi connectivity index (χ0) is 14.8. The molecule has 3 rings (SSSR count). The molecule has 2 aromatic carbocycles. The Morgan fingerprint density at radius 2 is 1.90 bits per heavy atom. The lowest BCUT2D eigenvalue weighted by atomic mass is 10.0. The van der Waals surface area contributed by atoms with Crippen molar-refractivity contribution in [1.82, 2.24) is 0 Å². The fourth-order valence-electron chi connectivity index (χ4n) is 2.39. The van der Waals surface area contributed by atoms with E-state index in [-0.39, 0.29) is 5.78 Å². The van der Waals surface area contributed by atoms with Crippen molar-refractivity contribution in [2.24, 2.45) is 0 Å². The quantitative estimate of drug-likeness (QED) is 0.596. The van der Waals surface area contributed by atoms with Gasteiger partial charge in [0.1, 0.15) is 5.58 Å². The first-order valence-electron chi connectivity index (χ1n) is 7.00. The van der Waals surface area contributed by atoms with E-state index in [0.29, 0.717) is 16.9 Å². The van der Waals surface area contributed by atoms with Crippen LogP contribution in [0.4, 0.5) is 0 Å². The third-order valence-corrected chi connectivity index (χ3v) is 4.10. The number of rotatable bonds is 4. The Bertz CT molecular complexity index is 785. The molecule has 3 heteroatoms. The van der Waals surface area contributed by atoms with Crippen molar-refractivity contribution in [2.45, 2.75) is 19.8 Å². The number of benzene rings is 2. The fraction of sp³-hybridized carbons (Fsp3) is 0.167. The standard InChI is InChI=1S/C18H15BrO2/c1-2-4-12-7-9-13(10-8-12)17(20)16-11-14-5-3-6-15(19)18(14)21-16/h3,5-11H,2,4H2,1H3. The molecule has 0 saturated heterocycles. The number of furan rings is 1. The lowest BCUT2D eigenvalue weighted by Gasteiger charge is -2.01. The van der Waals surface area contributed by atoms with Gasteiger partial charge in [0.05, 0.1) is 4.47 Å². The summed E-state index contributed by atoms with van der Waals surface area (Å²) in [7, 11) is 0. The Kier molecular flexibility index (Phi) is 3.93. The van der Waals surface area contributed by atoms with Crippen molar-refractivity contribution >= 4 is 32.7 Å². The highest BCUT2D eigenvalue weighted by Gasteiger charge is 2.15. The van der Waals surface area contributed by atoms with Gasteiger partial charge in [-0.2, -0.15) is 0 Å². The zero-order valence-electron chi connectivity index (χ0n) is 11.7. The molecule has 3 aromatic rings. The number of hydrogen-bond acceptors (Lipinski definition) is 2. The first-order chi connectivity index (χ1) is 10.2. The second-order valence-corrected chi connectivity index (χ2v) is 5.90. The molecule has 0 aliphatic heterocycles. The van der Waals surface area contributed by atoms with E-state index in [1.54, 1.807) is 6.07 Å². The molecule has 0 saturated carbocycles. The summed E-state index contributed by atoms with van der Waals surface area (Å²) >= 11 is 3.44.